The third-order valence-corrected chi connectivity index (χ3v) is 17.5. The smallest absolute Gasteiger partial charge is 0.220 e. The fourth-order valence-corrected chi connectivity index (χ4v) is 12.4. The quantitative estimate of drug-likeness (QED) is 0.0378. The lowest BCUT2D eigenvalue weighted by Crippen LogP contribution is -2.59. The van der Waals surface area contributed by atoms with E-state index in [9.17, 15) is 9.18 Å². The monoisotopic (exact) mass is 1220 g/mol. The Morgan fingerprint density at radius 2 is 0.876 bits per heavy atom. The molecule has 0 unspecified atom stereocenters. The molecule has 6 aromatic carbocycles. The molecule has 1 saturated carbocycles. The van der Waals surface area contributed by atoms with Gasteiger partial charge in [-0.05, 0) is 84.5 Å². The third-order valence-electron chi connectivity index (χ3n) is 17.5. The fourth-order valence-electron chi connectivity index (χ4n) is 12.4. The zero-order chi connectivity index (χ0) is 62.0. The number of carbonyl (C=O) groups is 1. The number of halogens is 1. The second-order valence-corrected chi connectivity index (χ2v) is 24.7. The number of ether oxygens (including phenoxy) is 7. The molecular formula is C79H108FNO8. The largest absolute Gasteiger partial charge is 0.381 e. The van der Waals surface area contributed by atoms with Crippen LogP contribution in [0.25, 0.3) is 0 Å². The molecule has 484 valence electrons. The Labute approximate surface area is 535 Å². The number of carbonyl (C=O) groups excluding carboxylic acids is 1. The second-order valence-electron chi connectivity index (χ2n) is 24.7. The summed E-state index contributed by atoms with van der Waals surface area (Å²) in [5.41, 5.74) is 6.48. The predicted octanol–water partition coefficient (Wildman–Crippen LogP) is 18.8. The molecule has 0 spiro atoms. The summed E-state index contributed by atoms with van der Waals surface area (Å²) >= 11 is 0. The summed E-state index contributed by atoms with van der Waals surface area (Å²) in [4.78, 5) is 14.7. The van der Waals surface area contributed by atoms with Crippen molar-refractivity contribution in [1.29, 1.82) is 0 Å². The first kappa shape index (κ1) is 70.9. The van der Waals surface area contributed by atoms with Gasteiger partial charge in [-0.25, -0.2) is 4.39 Å². The maximum Gasteiger partial charge on any atom is 0.220 e. The molecule has 8 atom stereocenters. The summed E-state index contributed by atoms with van der Waals surface area (Å²) in [6.45, 7) is 7.29. The molecule has 0 aliphatic heterocycles. The predicted molar refractivity (Wildman–Crippen MR) is 359 cm³/mol. The van der Waals surface area contributed by atoms with E-state index in [0.717, 1.165) is 92.0 Å². The van der Waals surface area contributed by atoms with Crippen molar-refractivity contribution in [2.75, 3.05) is 19.8 Å². The molecule has 0 heterocycles. The van der Waals surface area contributed by atoms with Gasteiger partial charge in [0.1, 0.15) is 24.1 Å². The minimum atomic E-state index is -0.588. The van der Waals surface area contributed by atoms with Gasteiger partial charge in [0.2, 0.25) is 5.91 Å². The summed E-state index contributed by atoms with van der Waals surface area (Å²) < 4.78 is 63.0. The SMILES string of the molecule is CCCCCCCCCCCCCC[C@@H](OCc1ccccc1)[C@@H](OCc1ccccc1)[C@H](CO[C@H]1C[C@H](COCC)[C@H](OCc2ccccc2)[C@H](OCc2ccccc2)[C@H]1OCc1ccccc1)NC(=O)CCCCCCCCCCc1ccc(F)cc1. The molecule has 1 N–H and O–H groups in total. The average Bonchev–Trinajstić information content (AvgIpc) is 1.23. The van der Waals surface area contributed by atoms with Crippen molar-refractivity contribution >= 4 is 5.91 Å². The maximum atomic E-state index is 14.7. The molecule has 7 rings (SSSR count). The van der Waals surface area contributed by atoms with E-state index in [2.05, 4.69) is 85.0 Å². The Bertz CT molecular complexity index is 2670. The highest BCUT2D eigenvalue weighted by molar-refractivity contribution is 5.76. The lowest BCUT2D eigenvalue weighted by Gasteiger charge is -2.46. The minimum absolute atomic E-state index is 0.0203. The zero-order valence-corrected chi connectivity index (χ0v) is 54.1. The van der Waals surface area contributed by atoms with Crippen LogP contribution in [0.1, 0.15) is 195 Å². The third kappa shape index (κ3) is 28.2. The van der Waals surface area contributed by atoms with Gasteiger partial charge in [0.15, 0.2) is 0 Å². The molecule has 1 fully saturated rings. The van der Waals surface area contributed by atoms with Crippen molar-refractivity contribution in [3.8, 4) is 0 Å². The molecular weight excluding hydrogens is 1110 g/mol. The Hall–Kier alpha value is -5.56. The number of aryl methyl sites for hydroxylation is 1. The van der Waals surface area contributed by atoms with E-state index in [1.165, 1.54) is 82.6 Å². The van der Waals surface area contributed by atoms with Crippen LogP contribution in [-0.4, -0.2) is 68.4 Å². The van der Waals surface area contributed by atoms with E-state index >= 15 is 0 Å². The van der Waals surface area contributed by atoms with Crippen molar-refractivity contribution in [3.63, 3.8) is 0 Å². The van der Waals surface area contributed by atoms with Crippen LogP contribution in [0, 0.1) is 11.7 Å². The van der Waals surface area contributed by atoms with Crippen molar-refractivity contribution < 1.29 is 42.3 Å². The van der Waals surface area contributed by atoms with E-state index in [0.29, 0.717) is 59.1 Å². The number of unbranched alkanes of at least 4 members (excludes halogenated alkanes) is 18. The Balaban J connectivity index is 1.14. The molecule has 10 heteroatoms. The molecule has 0 radical (unpaired) electrons. The number of rotatable bonds is 48. The summed E-state index contributed by atoms with van der Waals surface area (Å²) in [6, 6.07) is 57.9. The maximum absolute atomic E-state index is 14.7. The number of benzene rings is 6. The van der Waals surface area contributed by atoms with Gasteiger partial charge in [-0.3, -0.25) is 4.79 Å². The first-order valence-corrected chi connectivity index (χ1v) is 34.5. The Kier molecular flexibility index (Phi) is 35.1. The van der Waals surface area contributed by atoms with Crippen LogP contribution in [0.2, 0.25) is 0 Å². The van der Waals surface area contributed by atoms with Crippen LogP contribution in [0.5, 0.6) is 0 Å². The van der Waals surface area contributed by atoms with E-state index < -0.39 is 36.6 Å². The van der Waals surface area contributed by atoms with Gasteiger partial charge in [0, 0.05) is 18.9 Å². The second kappa shape index (κ2) is 44.0. The van der Waals surface area contributed by atoms with Gasteiger partial charge in [-0.15, -0.1) is 0 Å². The van der Waals surface area contributed by atoms with Gasteiger partial charge in [0.25, 0.3) is 0 Å². The van der Waals surface area contributed by atoms with Crippen molar-refractivity contribution in [3.05, 3.63) is 215 Å². The molecule has 6 aromatic rings. The first-order chi connectivity index (χ1) is 43.9. The van der Waals surface area contributed by atoms with Crippen LogP contribution in [0.15, 0.2) is 176 Å². The Morgan fingerprint density at radius 1 is 0.449 bits per heavy atom. The molecule has 1 aliphatic rings. The number of hydrogen-bond acceptors (Lipinski definition) is 8. The zero-order valence-electron chi connectivity index (χ0n) is 54.1. The molecule has 0 bridgehead atoms. The molecule has 0 saturated heterocycles. The Morgan fingerprint density at radius 3 is 1.37 bits per heavy atom. The molecule has 1 aliphatic carbocycles. The topological polar surface area (TPSA) is 93.7 Å². The van der Waals surface area contributed by atoms with Gasteiger partial charge >= 0.3 is 0 Å². The number of hydrogen-bond donors (Lipinski definition) is 1. The van der Waals surface area contributed by atoms with Crippen molar-refractivity contribution in [2.24, 2.45) is 5.92 Å². The van der Waals surface area contributed by atoms with Crippen LogP contribution < -0.4 is 5.32 Å². The minimum Gasteiger partial charge on any atom is -0.381 e. The lowest BCUT2D eigenvalue weighted by atomic mass is 9.80. The van der Waals surface area contributed by atoms with E-state index in [-0.39, 0.29) is 30.4 Å². The van der Waals surface area contributed by atoms with Gasteiger partial charge in [-0.1, -0.05) is 286 Å². The van der Waals surface area contributed by atoms with Crippen LogP contribution in [0.3, 0.4) is 0 Å². The number of amides is 1. The van der Waals surface area contributed by atoms with Crippen LogP contribution in [0.4, 0.5) is 4.39 Å². The van der Waals surface area contributed by atoms with E-state index in [1.54, 1.807) is 12.1 Å². The summed E-state index contributed by atoms with van der Waals surface area (Å²) in [7, 11) is 0. The van der Waals surface area contributed by atoms with Crippen molar-refractivity contribution in [1.82, 2.24) is 5.32 Å². The highest BCUT2D eigenvalue weighted by Gasteiger charge is 2.48. The van der Waals surface area contributed by atoms with Crippen LogP contribution >= 0.6 is 0 Å². The molecule has 1 amide bonds. The van der Waals surface area contributed by atoms with Crippen molar-refractivity contribution in [2.45, 2.75) is 244 Å². The fraction of sp³-hybridized carbons (Fsp3) is 0.532. The summed E-state index contributed by atoms with van der Waals surface area (Å²) in [5.74, 6) is -0.323. The van der Waals surface area contributed by atoms with Gasteiger partial charge < -0.3 is 38.5 Å². The average molecular weight is 1220 g/mol. The van der Waals surface area contributed by atoms with Gasteiger partial charge in [0.05, 0.1) is 70.6 Å². The lowest BCUT2D eigenvalue weighted by molar-refractivity contribution is -0.235. The molecule has 0 aromatic heterocycles. The van der Waals surface area contributed by atoms with Gasteiger partial charge in [-0.2, -0.15) is 0 Å². The first-order valence-electron chi connectivity index (χ1n) is 34.5. The highest BCUT2D eigenvalue weighted by atomic mass is 19.1. The molecule has 9 nitrogen and oxygen atoms in total. The standard InChI is InChI=1S/C79H108FNO8/c1-3-5-6-7-8-9-10-11-12-16-19-37-50-73(84-57-65-40-27-21-28-41-65)77(87-59-67-44-31-23-32-45-67)72(81-75(82)51-38-20-17-14-13-15-18-26-39-64-52-54-71(80)55-53-64)63-85-74-56-70(62-83-4-2)76(86-58-66-42-29-22-30-43-66)79(89-61-69-48-35-25-36-49-69)78(74)88-60-68-46-33-24-34-47-68/h21-25,27-36,40-49,52-55,70,72-74,76-79H,3-20,26,37-39,50-51,56-63H2,1-2H3,(H,81,82)/t70-,72+,73-,74+,76+,77+,78+,79+/m1/s1. The molecule has 89 heavy (non-hydrogen) atoms. The number of nitrogens with one attached hydrogen (secondary N) is 1. The summed E-state index contributed by atoms with van der Waals surface area (Å²) in [5, 5.41) is 3.57. The van der Waals surface area contributed by atoms with E-state index in [4.69, 9.17) is 33.2 Å². The highest BCUT2D eigenvalue weighted by Crippen LogP contribution is 2.36. The van der Waals surface area contributed by atoms with E-state index in [1.807, 2.05) is 97.9 Å². The normalized spacial score (nSPS) is 17.7. The van der Waals surface area contributed by atoms with Crippen LogP contribution in [-0.2, 0) is 77.4 Å². The summed E-state index contributed by atoms with van der Waals surface area (Å²) in [6.07, 6.45) is 23.4.